The van der Waals surface area contributed by atoms with Crippen molar-refractivity contribution < 1.29 is 29.1 Å². The number of aliphatic carboxylic acids is 1. The Bertz CT molecular complexity index is 816. The molecule has 1 aromatic carbocycles. The van der Waals surface area contributed by atoms with Crippen LogP contribution >= 0.6 is 0 Å². The van der Waals surface area contributed by atoms with Gasteiger partial charge < -0.3 is 32.5 Å². The fourth-order valence-electron chi connectivity index (χ4n) is 2.84. The van der Waals surface area contributed by atoms with Crippen LogP contribution in [0.1, 0.15) is 32.3 Å². The average Bonchev–Trinajstić information content (AvgIpc) is 2.74. The van der Waals surface area contributed by atoms with Crippen molar-refractivity contribution in [3.63, 3.8) is 0 Å². The van der Waals surface area contributed by atoms with Crippen molar-refractivity contribution in [3.05, 3.63) is 35.9 Å². The highest BCUT2D eigenvalue weighted by Crippen LogP contribution is 2.09. The van der Waals surface area contributed by atoms with E-state index in [0.29, 0.717) is 6.42 Å². The Morgan fingerprint density at radius 2 is 1.66 bits per heavy atom. The van der Waals surface area contributed by atoms with Crippen LogP contribution in [0.2, 0.25) is 0 Å². The van der Waals surface area contributed by atoms with Gasteiger partial charge in [0.05, 0.1) is 19.0 Å². The molecule has 0 spiro atoms. The number of hydrogen-bond donors (Lipinski definition) is 6. The zero-order chi connectivity index (χ0) is 24.3. The maximum Gasteiger partial charge on any atom is 0.326 e. The number of nitrogens with one attached hydrogen (secondary N) is 3. The molecule has 0 aromatic heterocycles. The van der Waals surface area contributed by atoms with E-state index in [4.69, 9.17) is 11.5 Å². The highest BCUT2D eigenvalue weighted by atomic mass is 16.4. The number of carboxylic acid groups (broad SMARTS) is 1. The van der Waals surface area contributed by atoms with E-state index in [1.807, 2.05) is 6.92 Å². The summed E-state index contributed by atoms with van der Waals surface area (Å²) in [4.78, 5) is 59.4. The first kappa shape index (κ1) is 26.6. The van der Waals surface area contributed by atoms with Crippen LogP contribution in [0.25, 0.3) is 0 Å². The van der Waals surface area contributed by atoms with Crippen molar-refractivity contribution in [2.24, 2.45) is 17.4 Å². The van der Waals surface area contributed by atoms with Crippen molar-refractivity contribution in [1.82, 2.24) is 16.0 Å². The van der Waals surface area contributed by atoms with Crippen LogP contribution in [-0.2, 0) is 30.4 Å². The Morgan fingerprint density at radius 3 is 2.19 bits per heavy atom. The van der Waals surface area contributed by atoms with Gasteiger partial charge in [0.15, 0.2) is 0 Å². The summed E-state index contributed by atoms with van der Waals surface area (Å²) in [5.74, 6) is -4.31. The molecule has 4 atom stereocenters. The predicted molar refractivity (Wildman–Crippen MR) is 116 cm³/mol. The van der Waals surface area contributed by atoms with E-state index < -0.39 is 54.3 Å². The summed E-state index contributed by atoms with van der Waals surface area (Å²) in [6.07, 6.45) is 0.244. The lowest BCUT2D eigenvalue weighted by Gasteiger charge is -2.25. The van der Waals surface area contributed by atoms with Crippen LogP contribution in [0, 0.1) is 5.92 Å². The van der Waals surface area contributed by atoms with Crippen LogP contribution < -0.4 is 27.4 Å². The van der Waals surface area contributed by atoms with E-state index in [2.05, 4.69) is 16.0 Å². The van der Waals surface area contributed by atoms with Crippen molar-refractivity contribution in [3.8, 4) is 0 Å². The first-order chi connectivity index (χ1) is 15.0. The first-order valence-electron chi connectivity index (χ1n) is 10.2. The van der Waals surface area contributed by atoms with Gasteiger partial charge in [-0.2, -0.15) is 0 Å². The summed E-state index contributed by atoms with van der Waals surface area (Å²) in [6, 6.07) is 5.42. The fraction of sp³-hybridized carbons (Fsp3) is 0.476. The summed E-state index contributed by atoms with van der Waals surface area (Å²) in [5, 5.41) is 16.6. The molecular weight excluding hydrogens is 418 g/mol. The van der Waals surface area contributed by atoms with E-state index in [-0.39, 0.29) is 18.8 Å². The third kappa shape index (κ3) is 9.13. The molecule has 4 amide bonds. The molecule has 0 fully saturated rings. The Labute approximate surface area is 186 Å². The van der Waals surface area contributed by atoms with Gasteiger partial charge in [0.25, 0.3) is 0 Å². The number of hydrogen-bond acceptors (Lipinski definition) is 6. The normalized spacial score (nSPS) is 14.3. The number of nitrogens with two attached hydrogens (primary N) is 2. The molecule has 0 unspecified atom stereocenters. The zero-order valence-electron chi connectivity index (χ0n) is 18.2. The molecule has 11 nitrogen and oxygen atoms in total. The molecule has 0 saturated heterocycles. The molecule has 0 aliphatic rings. The fourth-order valence-corrected chi connectivity index (χ4v) is 2.84. The van der Waals surface area contributed by atoms with Gasteiger partial charge in [-0.1, -0.05) is 50.6 Å². The Hall–Kier alpha value is -3.47. The van der Waals surface area contributed by atoms with Gasteiger partial charge in [-0.3, -0.25) is 19.2 Å². The summed E-state index contributed by atoms with van der Waals surface area (Å²) >= 11 is 0. The SMILES string of the molecule is CC[C@H](C)[C@H](NC(=O)[C@@H](N)CC(N)=O)C(=O)NCC(=O)N[C@@H](Cc1ccccc1)C(=O)O. The molecule has 1 rings (SSSR count). The monoisotopic (exact) mass is 449 g/mol. The summed E-state index contributed by atoms with van der Waals surface area (Å²) in [6.45, 7) is 3.06. The second kappa shape index (κ2) is 13.1. The third-order valence-electron chi connectivity index (χ3n) is 4.89. The standard InChI is InChI=1S/C21H31N5O6/c1-3-12(2)18(26-19(29)14(22)10-16(23)27)20(30)24-11-17(28)25-15(21(31)32)9-13-7-5-4-6-8-13/h4-8,12,14-15,18H,3,9-11,22H2,1-2H3,(H2,23,27)(H,24,30)(H,25,28)(H,26,29)(H,31,32)/t12-,14-,15-,18-/m0/s1. The molecule has 176 valence electrons. The molecule has 0 bridgehead atoms. The van der Waals surface area contributed by atoms with Gasteiger partial charge in [0.1, 0.15) is 12.1 Å². The van der Waals surface area contributed by atoms with Crippen molar-refractivity contribution >= 4 is 29.6 Å². The lowest BCUT2D eigenvalue weighted by molar-refractivity contribution is -0.141. The van der Waals surface area contributed by atoms with E-state index in [9.17, 15) is 29.1 Å². The van der Waals surface area contributed by atoms with Gasteiger partial charge in [-0.15, -0.1) is 0 Å². The number of rotatable bonds is 13. The smallest absolute Gasteiger partial charge is 0.326 e. The largest absolute Gasteiger partial charge is 0.480 e. The number of amides is 4. The Balaban J connectivity index is 2.69. The van der Waals surface area contributed by atoms with E-state index in [0.717, 1.165) is 5.56 Å². The van der Waals surface area contributed by atoms with E-state index in [1.54, 1.807) is 37.3 Å². The summed E-state index contributed by atoms with van der Waals surface area (Å²) < 4.78 is 0. The van der Waals surface area contributed by atoms with Gasteiger partial charge in [-0.05, 0) is 11.5 Å². The molecule has 1 aromatic rings. The maximum atomic E-state index is 12.6. The van der Waals surface area contributed by atoms with Crippen molar-refractivity contribution in [2.75, 3.05) is 6.54 Å². The highest BCUT2D eigenvalue weighted by molar-refractivity contribution is 5.94. The topological polar surface area (TPSA) is 194 Å². The highest BCUT2D eigenvalue weighted by Gasteiger charge is 2.29. The number of carbonyl (C=O) groups is 5. The minimum atomic E-state index is -1.21. The van der Waals surface area contributed by atoms with Gasteiger partial charge >= 0.3 is 5.97 Å². The molecule has 11 heteroatoms. The van der Waals surface area contributed by atoms with Gasteiger partial charge in [0, 0.05) is 6.42 Å². The molecule has 8 N–H and O–H groups in total. The number of benzene rings is 1. The van der Waals surface area contributed by atoms with Gasteiger partial charge in [-0.25, -0.2) is 4.79 Å². The second-order valence-corrected chi connectivity index (χ2v) is 7.51. The quantitative estimate of drug-likeness (QED) is 0.214. The van der Waals surface area contributed by atoms with Crippen LogP contribution in [0.5, 0.6) is 0 Å². The Morgan fingerprint density at radius 1 is 1.03 bits per heavy atom. The average molecular weight is 450 g/mol. The molecule has 0 heterocycles. The molecule has 0 aliphatic carbocycles. The minimum absolute atomic E-state index is 0.0825. The zero-order valence-corrected chi connectivity index (χ0v) is 18.2. The molecule has 0 radical (unpaired) electrons. The predicted octanol–water partition coefficient (Wildman–Crippen LogP) is -1.35. The van der Waals surface area contributed by atoms with Crippen LogP contribution in [-0.4, -0.2) is 59.4 Å². The van der Waals surface area contributed by atoms with E-state index >= 15 is 0 Å². The van der Waals surface area contributed by atoms with Crippen molar-refractivity contribution in [2.45, 2.75) is 51.2 Å². The number of carbonyl (C=O) groups excluding carboxylic acids is 4. The second-order valence-electron chi connectivity index (χ2n) is 7.51. The minimum Gasteiger partial charge on any atom is -0.480 e. The summed E-state index contributed by atoms with van der Waals surface area (Å²) in [7, 11) is 0. The third-order valence-corrected chi connectivity index (χ3v) is 4.89. The molecule has 0 aliphatic heterocycles. The maximum absolute atomic E-state index is 12.6. The van der Waals surface area contributed by atoms with Crippen molar-refractivity contribution in [1.29, 1.82) is 0 Å². The Kier molecular flexibility index (Phi) is 10.8. The lowest BCUT2D eigenvalue weighted by Crippen LogP contribution is -2.56. The number of primary amides is 1. The van der Waals surface area contributed by atoms with Crippen LogP contribution in [0.15, 0.2) is 30.3 Å². The van der Waals surface area contributed by atoms with Crippen LogP contribution in [0.3, 0.4) is 0 Å². The first-order valence-corrected chi connectivity index (χ1v) is 10.2. The summed E-state index contributed by atoms with van der Waals surface area (Å²) in [5.41, 5.74) is 11.4. The number of carboxylic acids is 1. The lowest BCUT2D eigenvalue weighted by atomic mass is 9.97. The molecule has 0 saturated carbocycles. The van der Waals surface area contributed by atoms with Crippen LogP contribution in [0.4, 0.5) is 0 Å². The molecule has 32 heavy (non-hydrogen) atoms. The van der Waals surface area contributed by atoms with Gasteiger partial charge in [0.2, 0.25) is 23.6 Å². The van der Waals surface area contributed by atoms with E-state index in [1.165, 1.54) is 0 Å². The molecular formula is C21H31N5O6.